The van der Waals surface area contributed by atoms with Gasteiger partial charge in [-0.25, -0.2) is 4.98 Å². The standard InChI is InChI=1S/C22H18N4O/c27-22-21-17(5-3-7-19(21)16-6-4-10-23-13-16)14-26(22)12-9-18-15-25-11-2-1-8-20(25)24-18/h1-8,10-11,13,15H,9,12,14H2. The molecule has 0 fully saturated rings. The lowest BCUT2D eigenvalue weighted by Crippen LogP contribution is -2.26. The summed E-state index contributed by atoms with van der Waals surface area (Å²) >= 11 is 0. The van der Waals surface area contributed by atoms with Crippen LogP contribution < -0.4 is 0 Å². The summed E-state index contributed by atoms with van der Waals surface area (Å²) in [5.74, 6) is 0.0909. The number of fused-ring (bicyclic) bond motifs is 2. The summed E-state index contributed by atoms with van der Waals surface area (Å²) in [7, 11) is 0. The van der Waals surface area contributed by atoms with Crippen LogP contribution in [0.25, 0.3) is 16.8 Å². The number of pyridine rings is 2. The van der Waals surface area contributed by atoms with Gasteiger partial charge in [-0.1, -0.05) is 30.3 Å². The minimum Gasteiger partial charge on any atom is -0.334 e. The van der Waals surface area contributed by atoms with Crippen LogP contribution in [0.4, 0.5) is 0 Å². The van der Waals surface area contributed by atoms with Crippen molar-refractivity contribution in [3.8, 4) is 11.1 Å². The van der Waals surface area contributed by atoms with Crippen molar-refractivity contribution >= 4 is 11.6 Å². The number of hydrogen-bond acceptors (Lipinski definition) is 3. The Labute approximate surface area is 156 Å². The fourth-order valence-corrected chi connectivity index (χ4v) is 3.72. The maximum atomic E-state index is 13.1. The Balaban J connectivity index is 1.39. The van der Waals surface area contributed by atoms with Gasteiger partial charge in [-0.3, -0.25) is 9.78 Å². The van der Waals surface area contributed by atoms with Gasteiger partial charge in [0.1, 0.15) is 5.65 Å². The number of carbonyl (C=O) groups excluding carboxylic acids is 1. The van der Waals surface area contributed by atoms with Crippen molar-refractivity contribution in [1.29, 1.82) is 0 Å². The number of benzene rings is 1. The Morgan fingerprint density at radius 2 is 2.00 bits per heavy atom. The zero-order valence-electron chi connectivity index (χ0n) is 14.7. The van der Waals surface area contributed by atoms with Gasteiger partial charge in [0.25, 0.3) is 5.91 Å². The first-order valence-corrected chi connectivity index (χ1v) is 9.04. The molecule has 0 unspecified atom stereocenters. The van der Waals surface area contributed by atoms with Gasteiger partial charge < -0.3 is 9.30 Å². The number of aromatic nitrogens is 3. The SMILES string of the molecule is O=C1c2c(cccc2-c2cccnc2)CN1CCc1cn2ccccc2n1. The van der Waals surface area contributed by atoms with Crippen LogP contribution in [0.15, 0.2) is 73.3 Å². The van der Waals surface area contributed by atoms with Crippen molar-refractivity contribution in [2.75, 3.05) is 6.54 Å². The molecule has 5 heteroatoms. The smallest absolute Gasteiger partial charge is 0.255 e. The predicted octanol–water partition coefficient (Wildman–Crippen LogP) is 3.59. The summed E-state index contributed by atoms with van der Waals surface area (Å²) in [5, 5.41) is 0. The lowest BCUT2D eigenvalue weighted by atomic mass is 9.98. The summed E-state index contributed by atoms with van der Waals surface area (Å²) in [5.41, 5.74) is 5.75. The van der Waals surface area contributed by atoms with Crippen molar-refractivity contribution < 1.29 is 4.79 Å². The molecule has 132 valence electrons. The second-order valence-corrected chi connectivity index (χ2v) is 6.76. The first-order chi connectivity index (χ1) is 13.3. The molecule has 5 rings (SSSR count). The van der Waals surface area contributed by atoms with E-state index in [2.05, 4.69) is 9.97 Å². The van der Waals surface area contributed by atoms with Gasteiger partial charge in [0.15, 0.2) is 0 Å². The van der Waals surface area contributed by atoms with Crippen LogP contribution in [-0.4, -0.2) is 31.7 Å². The zero-order chi connectivity index (χ0) is 18.2. The van der Waals surface area contributed by atoms with Crippen molar-refractivity contribution in [2.45, 2.75) is 13.0 Å². The van der Waals surface area contributed by atoms with Crippen molar-refractivity contribution in [2.24, 2.45) is 0 Å². The third kappa shape index (κ3) is 2.77. The van der Waals surface area contributed by atoms with E-state index in [-0.39, 0.29) is 5.91 Å². The van der Waals surface area contributed by atoms with Crippen LogP contribution >= 0.6 is 0 Å². The quantitative estimate of drug-likeness (QED) is 0.563. The molecule has 1 aliphatic rings. The van der Waals surface area contributed by atoms with E-state index in [0.717, 1.165) is 40.0 Å². The van der Waals surface area contributed by atoms with E-state index >= 15 is 0 Å². The second-order valence-electron chi connectivity index (χ2n) is 6.76. The number of carbonyl (C=O) groups is 1. The van der Waals surface area contributed by atoms with E-state index in [1.807, 2.05) is 76.4 Å². The molecule has 1 aromatic carbocycles. The largest absolute Gasteiger partial charge is 0.334 e. The molecule has 0 aliphatic carbocycles. The molecule has 0 radical (unpaired) electrons. The highest BCUT2D eigenvalue weighted by atomic mass is 16.2. The second kappa shape index (κ2) is 6.36. The van der Waals surface area contributed by atoms with E-state index < -0.39 is 0 Å². The molecule has 0 saturated heterocycles. The van der Waals surface area contributed by atoms with Crippen molar-refractivity contribution in [1.82, 2.24) is 19.3 Å². The van der Waals surface area contributed by atoms with Gasteiger partial charge in [0.05, 0.1) is 11.3 Å². The molecule has 1 aliphatic heterocycles. The third-order valence-corrected chi connectivity index (χ3v) is 5.04. The lowest BCUT2D eigenvalue weighted by Gasteiger charge is -2.14. The van der Waals surface area contributed by atoms with Crippen molar-refractivity contribution in [3.63, 3.8) is 0 Å². The lowest BCUT2D eigenvalue weighted by molar-refractivity contribution is 0.0780. The van der Waals surface area contributed by atoms with Crippen LogP contribution in [0.1, 0.15) is 21.6 Å². The number of rotatable bonds is 4. The summed E-state index contributed by atoms with van der Waals surface area (Å²) in [4.78, 5) is 23.8. The summed E-state index contributed by atoms with van der Waals surface area (Å²) in [6, 6.07) is 15.9. The Hall–Kier alpha value is -3.47. The Morgan fingerprint density at radius 3 is 2.85 bits per heavy atom. The molecule has 1 amide bonds. The maximum absolute atomic E-state index is 13.1. The maximum Gasteiger partial charge on any atom is 0.255 e. The molecule has 4 aromatic rings. The summed E-state index contributed by atoms with van der Waals surface area (Å²) in [6.45, 7) is 1.31. The predicted molar refractivity (Wildman–Crippen MR) is 103 cm³/mol. The molecule has 27 heavy (non-hydrogen) atoms. The average molecular weight is 354 g/mol. The van der Waals surface area contributed by atoms with Gasteiger partial charge >= 0.3 is 0 Å². The zero-order valence-corrected chi connectivity index (χ0v) is 14.7. The topological polar surface area (TPSA) is 50.5 Å². The first kappa shape index (κ1) is 15.8. The van der Waals surface area contributed by atoms with E-state index in [0.29, 0.717) is 13.1 Å². The monoisotopic (exact) mass is 354 g/mol. The van der Waals surface area contributed by atoms with Gasteiger partial charge in [-0.05, 0) is 29.3 Å². The number of imidazole rings is 1. The number of hydrogen-bond donors (Lipinski definition) is 0. The highest BCUT2D eigenvalue weighted by molar-refractivity contribution is 6.04. The molecule has 3 aromatic heterocycles. The van der Waals surface area contributed by atoms with Crippen LogP contribution in [0.3, 0.4) is 0 Å². The number of amides is 1. The average Bonchev–Trinajstić information content (AvgIpc) is 3.27. The van der Waals surface area contributed by atoms with Crippen LogP contribution in [-0.2, 0) is 13.0 Å². The first-order valence-electron chi connectivity index (χ1n) is 9.04. The van der Waals surface area contributed by atoms with Crippen LogP contribution in [0.5, 0.6) is 0 Å². The Kier molecular flexibility index (Phi) is 3.71. The van der Waals surface area contributed by atoms with Crippen LogP contribution in [0, 0.1) is 0 Å². The normalized spacial score (nSPS) is 13.3. The van der Waals surface area contributed by atoms with E-state index in [4.69, 9.17) is 0 Å². The van der Waals surface area contributed by atoms with Gasteiger partial charge in [-0.15, -0.1) is 0 Å². The van der Waals surface area contributed by atoms with Crippen molar-refractivity contribution in [3.05, 3.63) is 90.1 Å². The molecule has 5 nitrogen and oxygen atoms in total. The fourth-order valence-electron chi connectivity index (χ4n) is 3.72. The molecule has 4 heterocycles. The van der Waals surface area contributed by atoms with Crippen LogP contribution in [0.2, 0.25) is 0 Å². The highest BCUT2D eigenvalue weighted by Gasteiger charge is 2.29. The fraction of sp³-hybridized carbons (Fsp3) is 0.136. The number of nitrogens with zero attached hydrogens (tertiary/aromatic N) is 4. The summed E-state index contributed by atoms with van der Waals surface area (Å²) < 4.78 is 2.01. The minimum atomic E-state index is 0.0909. The van der Waals surface area contributed by atoms with E-state index in [1.165, 1.54) is 0 Å². The van der Waals surface area contributed by atoms with Gasteiger partial charge in [-0.2, -0.15) is 0 Å². The highest BCUT2D eigenvalue weighted by Crippen LogP contribution is 2.32. The van der Waals surface area contributed by atoms with E-state index in [9.17, 15) is 4.79 Å². The molecule has 0 bridgehead atoms. The minimum absolute atomic E-state index is 0.0909. The molecular formula is C22H18N4O. The molecule has 0 N–H and O–H groups in total. The molecule has 0 atom stereocenters. The molecule has 0 saturated carbocycles. The molecule has 0 spiro atoms. The molecular weight excluding hydrogens is 336 g/mol. The van der Waals surface area contributed by atoms with Gasteiger partial charge in [0, 0.05) is 49.9 Å². The summed E-state index contributed by atoms with van der Waals surface area (Å²) in [6.07, 6.45) is 8.31. The Morgan fingerprint density at radius 1 is 1.04 bits per heavy atom. The Bertz CT molecular complexity index is 1100. The van der Waals surface area contributed by atoms with E-state index in [1.54, 1.807) is 6.20 Å². The third-order valence-electron chi connectivity index (χ3n) is 5.04. The van der Waals surface area contributed by atoms with Gasteiger partial charge in [0.2, 0.25) is 0 Å².